The van der Waals surface area contributed by atoms with Crippen molar-refractivity contribution in [3.05, 3.63) is 0 Å². The lowest BCUT2D eigenvalue weighted by molar-refractivity contribution is 0.136. The Morgan fingerprint density at radius 2 is 2.36 bits per heavy atom. The molecule has 1 saturated heterocycles. The summed E-state index contributed by atoms with van der Waals surface area (Å²) in [4.78, 5) is 0. The van der Waals surface area contributed by atoms with E-state index in [1.165, 1.54) is 18.6 Å². The Balaban J connectivity index is 2.12. The number of rotatable bonds is 6. The van der Waals surface area contributed by atoms with E-state index in [2.05, 4.69) is 30.9 Å². The van der Waals surface area contributed by atoms with Gasteiger partial charge in [0.05, 0.1) is 0 Å². The van der Waals surface area contributed by atoms with Crippen molar-refractivity contribution in [1.29, 1.82) is 0 Å². The Morgan fingerprint density at radius 3 is 2.86 bits per heavy atom. The molecule has 1 rings (SSSR count). The second kappa shape index (κ2) is 5.99. The average Bonchev–Trinajstić information content (AvgIpc) is 2.70. The molecule has 2 atom stereocenters. The minimum absolute atomic E-state index is 0.0727. The average molecular weight is 217 g/mol. The summed E-state index contributed by atoms with van der Waals surface area (Å²) in [5.41, 5.74) is 0.0727. The van der Waals surface area contributed by atoms with Gasteiger partial charge < -0.3 is 10.4 Å². The van der Waals surface area contributed by atoms with Gasteiger partial charge in [-0.2, -0.15) is 11.8 Å². The lowest BCUT2D eigenvalue weighted by atomic mass is 9.88. The third-order valence-electron chi connectivity index (χ3n) is 3.18. The first-order valence-electron chi connectivity index (χ1n) is 5.63. The summed E-state index contributed by atoms with van der Waals surface area (Å²) in [5, 5.41) is 13.5. The highest BCUT2D eigenvalue weighted by Crippen LogP contribution is 2.25. The van der Waals surface area contributed by atoms with Gasteiger partial charge in [0.15, 0.2) is 0 Å². The van der Waals surface area contributed by atoms with Crippen LogP contribution in [0.15, 0.2) is 0 Å². The summed E-state index contributed by atoms with van der Waals surface area (Å²) < 4.78 is 0. The van der Waals surface area contributed by atoms with E-state index in [0.29, 0.717) is 0 Å². The van der Waals surface area contributed by atoms with Crippen molar-refractivity contribution in [2.75, 3.05) is 25.4 Å². The molecule has 0 radical (unpaired) electrons. The Bertz CT molecular complexity index is 153. The van der Waals surface area contributed by atoms with Gasteiger partial charge in [-0.05, 0) is 25.0 Å². The molecule has 0 aromatic carbocycles. The Morgan fingerprint density at radius 1 is 1.57 bits per heavy atom. The van der Waals surface area contributed by atoms with Gasteiger partial charge in [-0.25, -0.2) is 0 Å². The molecule has 0 aromatic rings. The van der Waals surface area contributed by atoms with Gasteiger partial charge in [0.25, 0.3) is 0 Å². The van der Waals surface area contributed by atoms with Gasteiger partial charge in [0.2, 0.25) is 0 Å². The molecule has 14 heavy (non-hydrogen) atoms. The standard InChI is InChI=1S/C11H23NOS/c1-3-11(2,9-13)8-12-7-10-5-4-6-14-10/h10,12-13H,3-9H2,1-2H3. The molecule has 0 saturated carbocycles. The molecule has 0 aromatic heterocycles. The van der Waals surface area contributed by atoms with Crippen LogP contribution in [0, 0.1) is 5.41 Å². The molecule has 84 valence electrons. The molecule has 1 aliphatic rings. The highest BCUT2D eigenvalue weighted by Gasteiger charge is 2.21. The molecule has 0 amide bonds. The van der Waals surface area contributed by atoms with E-state index in [9.17, 15) is 5.11 Å². The zero-order valence-corrected chi connectivity index (χ0v) is 10.2. The van der Waals surface area contributed by atoms with Crippen LogP contribution in [0.4, 0.5) is 0 Å². The van der Waals surface area contributed by atoms with E-state index < -0.39 is 0 Å². The topological polar surface area (TPSA) is 32.3 Å². The minimum atomic E-state index is 0.0727. The van der Waals surface area contributed by atoms with Gasteiger partial charge in [-0.3, -0.25) is 0 Å². The maximum Gasteiger partial charge on any atom is 0.0496 e. The summed E-state index contributed by atoms with van der Waals surface area (Å²) in [6.07, 6.45) is 3.77. The van der Waals surface area contributed by atoms with E-state index in [1.807, 2.05) is 0 Å². The smallest absolute Gasteiger partial charge is 0.0496 e. The predicted molar refractivity (Wildman–Crippen MR) is 63.8 cm³/mol. The van der Waals surface area contributed by atoms with Gasteiger partial charge >= 0.3 is 0 Å². The molecule has 1 fully saturated rings. The van der Waals surface area contributed by atoms with Gasteiger partial charge in [0, 0.05) is 30.4 Å². The normalized spacial score (nSPS) is 26.4. The first-order chi connectivity index (χ1) is 6.70. The summed E-state index contributed by atoms with van der Waals surface area (Å²) >= 11 is 2.08. The molecular formula is C11H23NOS. The fraction of sp³-hybridized carbons (Fsp3) is 1.00. The Labute approximate surface area is 91.9 Å². The number of hydrogen-bond acceptors (Lipinski definition) is 3. The number of thioether (sulfide) groups is 1. The van der Waals surface area contributed by atoms with E-state index in [0.717, 1.165) is 24.8 Å². The van der Waals surface area contributed by atoms with Crippen molar-refractivity contribution in [2.45, 2.75) is 38.4 Å². The maximum atomic E-state index is 9.23. The van der Waals surface area contributed by atoms with Crippen LogP contribution in [-0.2, 0) is 0 Å². The zero-order chi connectivity index (χ0) is 10.4. The SMILES string of the molecule is CCC(C)(CO)CNCC1CCCS1. The van der Waals surface area contributed by atoms with Crippen LogP contribution in [0.2, 0.25) is 0 Å². The number of nitrogens with one attached hydrogen (secondary N) is 1. The lowest BCUT2D eigenvalue weighted by Crippen LogP contribution is -2.37. The predicted octanol–water partition coefficient (Wildman–Crippen LogP) is 1.88. The monoisotopic (exact) mass is 217 g/mol. The molecule has 0 aliphatic carbocycles. The van der Waals surface area contributed by atoms with Crippen LogP contribution in [0.1, 0.15) is 33.1 Å². The number of aliphatic hydroxyl groups is 1. The molecule has 0 spiro atoms. The fourth-order valence-electron chi connectivity index (χ4n) is 1.63. The molecule has 0 bridgehead atoms. The van der Waals surface area contributed by atoms with Crippen molar-refractivity contribution in [3.63, 3.8) is 0 Å². The van der Waals surface area contributed by atoms with Crippen molar-refractivity contribution in [2.24, 2.45) is 5.41 Å². The first-order valence-corrected chi connectivity index (χ1v) is 6.68. The van der Waals surface area contributed by atoms with Crippen LogP contribution >= 0.6 is 11.8 Å². The highest BCUT2D eigenvalue weighted by atomic mass is 32.2. The summed E-state index contributed by atoms with van der Waals surface area (Å²) in [6, 6.07) is 0. The molecule has 3 heteroatoms. The van der Waals surface area contributed by atoms with Crippen molar-refractivity contribution in [3.8, 4) is 0 Å². The Hall–Kier alpha value is 0.270. The van der Waals surface area contributed by atoms with Crippen molar-refractivity contribution < 1.29 is 5.11 Å². The van der Waals surface area contributed by atoms with Crippen molar-refractivity contribution in [1.82, 2.24) is 5.32 Å². The third kappa shape index (κ3) is 3.79. The zero-order valence-electron chi connectivity index (χ0n) is 9.38. The van der Waals surface area contributed by atoms with E-state index in [1.54, 1.807) is 0 Å². The highest BCUT2D eigenvalue weighted by molar-refractivity contribution is 8.00. The second-order valence-corrected chi connectivity index (χ2v) is 6.00. The van der Waals surface area contributed by atoms with Gasteiger partial charge in [0.1, 0.15) is 0 Å². The van der Waals surface area contributed by atoms with Gasteiger partial charge in [-0.15, -0.1) is 0 Å². The van der Waals surface area contributed by atoms with Gasteiger partial charge in [-0.1, -0.05) is 13.8 Å². The largest absolute Gasteiger partial charge is 0.396 e. The molecular weight excluding hydrogens is 194 g/mol. The summed E-state index contributed by atoms with van der Waals surface area (Å²) in [7, 11) is 0. The molecule has 1 aliphatic heterocycles. The quantitative estimate of drug-likeness (QED) is 0.712. The van der Waals surface area contributed by atoms with Crippen LogP contribution in [-0.4, -0.2) is 35.8 Å². The van der Waals surface area contributed by atoms with Crippen LogP contribution in [0.25, 0.3) is 0 Å². The first kappa shape index (κ1) is 12.3. The van der Waals surface area contributed by atoms with Crippen molar-refractivity contribution >= 4 is 11.8 Å². The Kier molecular flexibility index (Phi) is 5.28. The van der Waals surface area contributed by atoms with Crippen LogP contribution in [0.5, 0.6) is 0 Å². The van der Waals surface area contributed by atoms with E-state index >= 15 is 0 Å². The summed E-state index contributed by atoms with van der Waals surface area (Å²) in [5.74, 6) is 1.33. The molecule has 2 unspecified atom stereocenters. The molecule has 2 N–H and O–H groups in total. The maximum absolute atomic E-state index is 9.23. The third-order valence-corrected chi connectivity index (χ3v) is 4.58. The number of hydrogen-bond donors (Lipinski definition) is 2. The minimum Gasteiger partial charge on any atom is -0.396 e. The van der Waals surface area contributed by atoms with E-state index in [-0.39, 0.29) is 12.0 Å². The molecule has 2 nitrogen and oxygen atoms in total. The van der Waals surface area contributed by atoms with Crippen LogP contribution < -0.4 is 5.32 Å². The second-order valence-electron chi connectivity index (χ2n) is 4.59. The van der Waals surface area contributed by atoms with Crippen LogP contribution in [0.3, 0.4) is 0 Å². The van der Waals surface area contributed by atoms with E-state index in [4.69, 9.17) is 0 Å². The summed E-state index contributed by atoms with van der Waals surface area (Å²) in [6.45, 7) is 6.62. The fourth-order valence-corrected chi connectivity index (χ4v) is 2.87. The number of aliphatic hydroxyl groups excluding tert-OH is 1. The molecule has 1 heterocycles. The lowest BCUT2D eigenvalue weighted by Gasteiger charge is -2.26.